The molecular formula is C12H9N. The first kappa shape index (κ1) is 7.82. The average molecular weight is 167 g/mol. The molecule has 0 atom stereocenters. The maximum absolute atomic E-state index is 9.02. The van der Waals surface area contributed by atoms with Gasteiger partial charge < -0.3 is 0 Å². The zero-order valence-electron chi connectivity index (χ0n) is 7.14. The van der Waals surface area contributed by atoms with Gasteiger partial charge in [-0.3, -0.25) is 0 Å². The maximum Gasteiger partial charge on any atom is 0.0962 e. The molecule has 1 heteroatoms. The second-order valence-electron chi connectivity index (χ2n) is 3.00. The van der Waals surface area contributed by atoms with Crippen LogP contribution in [0.4, 0.5) is 0 Å². The molecular weight excluding hydrogens is 158 g/mol. The Hall–Kier alpha value is -1.81. The van der Waals surface area contributed by atoms with Crippen LogP contribution in [0.1, 0.15) is 0 Å². The third kappa shape index (κ3) is 1.39. The highest BCUT2D eigenvalue weighted by Crippen LogP contribution is 2.26. The van der Waals surface area contributed by atoms with Crippen molar-refractivity contribution in [2.75, 3.05) is 0 Å². The molecule has 0 aromatic carbocycles. The number of nitriles is 1. The number of rotatable bonds is 0. The molecule has 0 heterocycles. The number of hydrogen-bond acceptors (Lipinski definition) is 1. The first-order valence-electron chi connectivity index (χ1n) is 4.24. The lowest BCUT2D eigenvalue weighted by Gasteiger charge is -2.07. The monoisotopic (exact) mass is 167 g/mol. The van der Waals surface area contributed by atoms with Crippen molar-refractivity contribution >= 4 is 0 Å². The lowest BCUT2D eigenvalue weighted by atomic mass is 9.93. The van der Waals surface area contributed by atoms with Gasteiger partial charge in [0, 0.05) is 0 Å². The second-order valence-corrected chi connectivity index (χ2v) is 3.00. The molecule has 0 aromatic rings. The molecule has 2 rings (SSSR count). The van der Waals surface area contributed by atoms with Gasteiger partial charge >= 0.3 is 0 Å². The summed E-state index contributed by atoms with van der Waals surface area (Å²) in [6.45, 7) is 0. The molecule has 0 fully saturated rings. The largest absolute Gasteiger partial charge is 0.197 e. The van der Waals surface area contributed by atoms with E-state index >= 15 is 0 Å². The van der Waals surface area contributed by atoms with Gasteiger partial charge in [0.05, 0.1) is 12.0 Å². The fourth-order valence-corrected chi connectivity index (χ4v) is 1.50. The summed E-state index contributed by atoms with van der Waals surface area (Å²) in [5.41, 5.74) is 2.13. The van der Waals surface area contributed by atoms with Crippen LogP contribution in [-0.2, 0) is 0 Å². The Balaban J connectivity index is 2.57. The van der Waals surface area contributed by atoms with Gasteiger partial charge in [-0.15, -0.1) is 0 Å². The molecule has 0 N–H and O–H groups in total. The summed E-state index contributed by atoms with van der Waals surface area (Å²) in [7, 11) is 0. The molecule has 2 aliphatic rings. The third-order valence-corrected chi connectivity index (χ3v) is 2.17. The normalized spacial score (nSPS) is 19.9. The van der Waals surface area contributed by atoms with Crippen LogP contribution in [-0.4, -0.2) is 0 Å². The minimum absolute atomic E-state index is 0.106. The van der Waals surface area contributed by atoms with Crippen LogP contribution in [0, 0.1) is 17.2 Å². The van der Waals surface area contributed by atoms with E-state index in [0.29, 0.717) is 0 Å². The van der Waals surface area contributed by atoms with Crippen molar-refractivity contribution in [3.05, 3.63) is 59.8 Å². The fourth-order valence-electron chi connectivity index (χ4n) is 1.50. The minimum atomic E-state index is -0.106. The zero-order valence-corrected chi connectivity index (χ0v) is 7.14. The zero-order chi connectivity index (χ0) is 9.10. The Morgan fingerprint density at radius 3 is 1.92 bits per heavy atom. The smallest absolute Gasteiger partial charge is 0.0962 e. The molecule has 2 bridgehead atoms. The summed E-state index contributed by atoms with van der Waals surface area (Å²) < 4.78 is 0. The quantitative estimate of drug-likeness (QED) is 0.544. The highest BCUT2D eigenvalue weighted by atomic mass is 14.3. The van der Waals surface area contributed by atoms with E-state index in [4.69, 9.17) is 5.26 Å². The van der Waals surface area contributed by atoms with E-state index in [0.717, 1.165) is 11.1 Å². The van der Waals surface area contributed by atoms with E-state index in [-0.39, 0.29) is 5.92 Å². The summed E-state index contributed by atoms with van der Waals surface area (Å²) >= 11 is 0. The first-order valence-corrected chi connectivity index (χ1v) is 4.24. The number of hydrogen-bond donors (Lipinski definition) is 0. The molecule has 1 nitrogen and oxygen atoms in total. The standard InChI is InChI=1S/C12H9N/c13-9-12-10-5-1-2-6-11(12)8-4-3-7-10/h1-8,12H. The molecule has 0 saturated heterocycles. The van der Waals surface area contributed by atoms with Gasteiger partial charge in [0.1, 0.15) is 0 Å². The highest BCUT2D eigenvalue weighted by molar-refractivity contribution is 5.48. The first-order chi connectivity index (χ1) is 6.42. The predicted molar refractivity (Wildman–Crippen MR) is 52.7 cm³/mol. The van der Waals surface area contributed by atoms with Crippen molar-refractivity contribution in [2.24, 2.45) is 5.92 Å². The van der Waals surface area contributed by atoms with Gasteiger partial charge in [0.2, 0.25) is 0 Å². The van der Waals surface area contributed by atoms with Gasteiger partial charge in [0.15, 0.2) is 0 Å². The number of nitrogens with zero attached hydrogens (tertiary/aromatic N) is 1. The van der Waals surface area contributed by atoms with Crippen molar-refractivity contribution in [1.29, 1.82) is 5.26 Å². The minimum Gasteiger partial charge on any atom is -0.197 e. The van der Waals surface area contributed by atoms with E-state index in [9.17, 15) is 0 Å². The van der Waals surface area contributed by atoms with Crippen LogP contribution < -0.4 is 0 Å². The van der Waals surface area contributed by atoms with Crippen LogP contribution in [0.2, 0.25) is 0 Å². The second kappa shape index (κ2) is 3.28. The molecule has 0 saturated carbocycles. The van der Waals surface area contributed by atoms with Gasteiger partial charge in [-0.25, -0.2) is 0 Å². The van der Waals surface area contributed by atoms with Crippen LogP contribution >= 0.6 is 0 Å². The molecule has 13 heavy (non-hydrogen) atoms. The summed E-state index contributed by atoms with van der Waals surface area (Å²) in [5, 5.41) is 9.02. The van der Waals surface area contributed by atoms with Crippen molar-refractivity contribution in [3.8, 4) is 6.07 Å². The maximum atomic E-state index is 9.02. The Kier molecular flexibility index (Phi) is 1.97. The Morgan fingerprint density at radius 2 is 1.46 bits per heavy atom. The average Bonchev–Trinajstić information content (AvgIpc) is 2.47. The van der Waals surface area contributed by atoms with Gasteiger partial charge in [0.25, 0.3) is 0 Å². The van der Waals surface area contributed by atoms with E-state index < -0.39 is 0 Å². The van der Waals surface area contributed by atoms with Crippen LogP contribution in [0.25, 0.3) is 0 Å². The van der Waals surface area contributed by atoms with Crippen molar-refractivity contribution in [2.45, 2.75) is 0 Å². The molecule has 62 valence electrons. The lowest BCUT2D eigenvalue weighted by Crippen LogP contribution is -2.00. The molecule has 0 spiro atoms. The summed E-state index contributed by atoms with van der Waals surface area (Å²) in [4.78, 5) is 0. The summed E-state index contributed by atoms with van der Waals surface area (Å²) in [6.07, 6.45) is 15.8. The SMILES string of the molecule is N#CC1C2=CC=CC=C1C=CC=C2. The molecule has 0 radical (unpaired) electrons. The predicted octanol–water partition coefficient (Wildman–Crippen LogP) is 2.67. The van der Waals surface area contributed by atoms with E-state index in [1.807, 2.05) is 48.6 Å². The molecule has 0 unspecified atom stereocenters. The van der Waals surface area contributed by atoms with Crippen molar-refractivity contribution < 1.29 is 0 Å². The topological polar surface area (TPSA) is 23.8 Å². The fraction of sp³-hybridized carbons (Fsp3) is 0.0833. The summed E-state index contributed by atoms with van der Waals surface area (Å²) in [5.74, 6) is -0.106. The van der Waals surface area contributed by atoms with E-state index in [1.54, 1.807) is 0 Å². The van der Waals surface area contributed by atoms with Crippen molar-refractivity contribution in [3.63, 3.8) is 0 Å². The van der Waals surface area contributed by atoms with Crippen molar-refractivity contribution in [1.82, 2.24) is 0 Å². The Bertz CT molecular complexity index is 365. The molecule has 0 amide bonds. The van der Waals surface area contributed by atoms with Crippen LogP contribution in [0.3, 0.4) is 0 Å². The highest BCUT2D eigenvalue weighted by Gasteiger charge is 2.16. The van der Waals surface area contributed by atoms with Crippen LogP contribution in [0.15, 0.2) is 59.8 Å². The Labute approximate surface area is 77.7 Å². The van der Waals surface area contributed by atoms with E-state index in [1.165, 1.54) is 0 Å². The lowest BCUT2D eigenvalue weighted by molar-refractivity contribution is 0.975. The third-order valence-electron chi connectivity index (χ3n) is 2.17. The summed E-state index contributed by atoms with van der Waals surface area (Å²) in [6, 6.07) is 2.31. The van der Waals surface area contributed by atoms with Crippen LogP contribution in [0.5, 0.6) is 0 Å². The van der Waals surface area contributed by atoms with Gasteiger partial charge in [-0.2, -0.15) is 5.26 Å². The number of fused-ring (bicyclic) bond motifs is 2. The number of allylic oxidation sites excluding steroid dienone is 10. The molecule has 0 aliphatic heterocycles. The van der Waals surface area contributed by atoms with E-state index in [2.05, 4.69) is 6.07 Å². The molecule has 2 aliphatic carbocycles. The van der Waals surface area contributed by atoms with Gasteiger partial charge in [-0.05, 0) is 11.1 Å². The molecule has 0 aromatic heterocycles. The Morgan fingerprint density at radius 1 is 0.923 bits per heavy atom. The van der Waals surface area contributed by atoms with Gasteiger partial charge in [-0.1, -0.05) is 48.6 Å².